The van der Waals surface area contributed by atoms with Crippen LogP contribution in [0.5, 0.6) is 17.2 Å². The zero-order chi connectivity index (χ0) is 12.1. The van der Waals surface area contributed by atoms with Gasteiger partial charge in [-0.25, -0.2) is 0 Å². The Morgan fingerprint density at radius 1 is 1.38 bits per heavy atom. The Hall–Kier alpha value is -1.71. The van der Waals surface area contributed by atoms with Crippen molar-refractivity contribution >= 4 is 5.78 Å². The van der Waals surface area contributed by atoms with Crippen LogP contribution >= 0.6 is 0 Å². The predicted octanol–water partition coefficient (Wildman–Crippen LogP) is 2.15. The van der Waals surface area contributed by atoms with Crippen LogP contribution in [0.3, 0.4) is 0 Å². The van der Waals surface area contributed by atoms with Gasteiger partial charge in [-0.3, -0.25) is 4.79 Å². The molecule has 1 heterocycles. The largest absolute Gasteiger partial charge is 0.504 e. The fraction of sp³-hybridized carbons (Fsp3) is 0.417. The van der Waals surface area contributed by atoms with Crippen LogP contribution in [0.4, 0.5) is 0 Å². The summed E-state index contributed by atoms with van der Waals surface area (Å²) in [4.78, 5) is 11.9. The maximum Gasteiger partial charge on any atom is 0.170 e. The Balaban J connectivity index is 2.66. The molecule has 16 heavy (non-hydrogen) atoms. The first kappa shape index (κ1) is 10.8. The molecule has 0 unspecified atom stereocenters. The van der Waals surface area contributed by atoms with E-state index < -0.39 is 5.60 Å². The molecule has 0 atom stereocenters. The van der Waals surface area contributed by atoms with Gasteiger partial charge in [0, 0.05) is 11.6 Å². The first-order valence-electron chi connectivity index (χ1n) is 5.09. The molecule has 0 aromatic heterocycles. The van der Waals surface area contributed by atoms with Gasteiger partial charge in [-0.1, -0.05) is 0 Å². The minimum absolute atomic E-state index is 0.0703. The van der Waals surface area contributed by atoms with Crippen LogP contribution in [0, 0.1) is 6.92 Å². The Kier molecular flexibility index (Phi) is 2.12. The summed E-state index contributed by atoms with van der Waals surface area (Å²) in [5.74, 6) is -0.245. The Morgan fingerprint density at radius 3 is 2.62 bits per heavy atom. The molecular weight excluding hydrogens is 208 g/mol. The van der Waals surface area contributed by atoms with Gasteiger partial charge in [-0.2, -0.15) is 0 Å². The lowest BCUT2D eigenvalue weighted by molar-refractivity contribution is 0.0616. The Morgan fingerprint density at radius 2 is 2.00 bits per heavy atom. The molecule has 0 spiro atoms. The van der Waals surface area contributed by atoms with Crippen LogP contribution in [0.1, 0.15) is 36.2 Å². The molecule has 1 aliphatic rings. The molecular formula is C12H14O4. The maximum absolute atomic E-state index is 11.9. The third-order valence-corrected chi connectivity index (χ3v) is 2.74. The number of hydrogen-bond acceptors (Lipinski definition) is 4. The van der Waals surface area contributed by atoms with E-state index in [4.69, 9.17) is 4.74 Å². The number of Topliss-reactive ketones (excluding diaryl/α,β-unsaturated/α-hetero) is 1. The number of ether oxygens (including phenoxy) is 1. The summed E-state index contributed by atoms with van der Waals surface area (Å²) < 4.78 is 5.61. The predicted molar refractivity (Wildman–Crippen MR) is 58.2 cm³/mol. The molecule has 2 N–H and O–H groups in total. The molecule has 4 heteroatoms. The molecule has 0 radical (unpaired) electrons. The van der Waals surface area contributed by atoms with Crippen LogP contribution in [-0.4, -0.2) is 21.6 Å². The van der Waals surface area contributed by atoms with E-state index in [0.29, 0.717) is 16.9 Å². The molecule has 0 saturated carbocycles. The molecule has 4 nitrogen and oxygen atoms in total. The Labute approximate surface area is 93.5 Å². The second-order valence-electron chi connectivity index (χ2n) is 4.70. The normalized spacial score (nSPS) is 17.8. The second kappa shape index (κ2) is 3.14. The van der Waals surface area contributed by atoms with E-state index >= 15 is 0 Å². The van der Waals surface area contributed by atoms with E-state index in [0.717, 1.165) is 0 Å². The van der Waals surface area contributed by atoms with Gasteiger partial charge in [-0.15, -0.1) is 0 Å². The van der Waals surface area contributed by atoms with Crippen molar-refractivity contribution in [3.63, 3.8) is 0 Å². The molecule has 2 rings (SSSR count). The van der Waals surface area contributed by atoms with Gasteiger partial charge in [0.05, 0.1) is 12.0 Å². The zero-order valence-corrected chi connectivity index (χ0v) is 9.50. The quantitative estimate of drug-likeness (QED) is 0.660. The number of benzene rings is 1. The van der Waals surface area contributed by atoms with Gasteiger partial charge >= 0.3 is 0 Å². The number of fused-ring (bicyclic) bond motifs is 1. The molecule has 1 aliphatic heterocycles. The highest BCUT2D eigenvalue weighted by Gasteiger charge is 2.35. The van der Waals surface area contributed by atoms with E-state index in [1.807, 2.05) is 13.8 Å². The lowest BCUT2D eigenvalue weighted by atomic mass is 9.90. The van der Waals surface area contributed by atoms with Crippen molar-refractivity contribution in [2.24, 2.45) is 0 Å². The highest BCUT2D eigenvalue weighted by Crippen LogP contribution is 2.42. The zero-order valence-electron chi connectivity index (χ0n) is 9.50. The van der Waals surface area contributed by atoms with E-state index in [-0.39, 0.29) is 23.7 Å². The fourth-order valence-electron chi connectivity index (χ4n) is 2.00. The molecule has 0 saturated heterocycles. The molecule has 86 valence electrons. The van der Waals surface area contributed by atoms with E-state index in [1.54, 1.807) is 6.92 Å². The average molecular weight is 222 g/mol. The Bertz CT molecular complexity index is 474. The minimum atomic E-state index is -0.570. The fourth-order valence-corrected chi connectivity index (χ4v) is 2.00. The van der Waals surface area contributed by atoms with Gasteiger partial charge in [0.1, 0.15) is 11.4 Å². The van der Waals surface area contributed by atoms with Crippen molar-refractivity contribution in [2.75, 3.05) is 0 Å². The number of carbonyl (C=O) groups excluding carboxylic acids is 1. The third-order valence-electron chi connectivity index (χ3n) is 2.74. The molecule has 0 aliphatic carbocycles. The molecule has 1 aromatic rings. The van der Waals surface area contributed by atoms with Crippen LogP contribution in [-0.2, 0) is 0 Å². The van der Waals surface area contributed by atoms with Crippen LogP contribution in [0.15, 0.2) is 6.07 Å². The van der Waals surface area contributed by atoms with Crippen LogP contribution in [0.25, 0.3) is 0 Å². The van der Waals surface area contributed by atoms with Crippen molar-refractivity contribution < 1.29 is 19.7 Å². The number of aromatic hydroxyl groups is 2. The summed E-state index contributed by atoms with van der Waals surface area (Å²) in [5.41, 5.74) is 0.171. The van der Waals surface area contributed by atoms with Gasteiger partial charge in [0.2, 0.25) is 0 Å². The minimum Gasteiger partial charge on any atom is -0.504 e. The third kappa shape index (κ3) is 1.50. The summed E-state index contributed by atoms with van der Waals surface area (Å²) in [5, 5.41) is 19.0. The van der Waals surface area contributed by atoms with Gasteiger partial charge in [-0.05, 0) is 20.8 Å². The highest BCUT2D eigenvalue weighted by molar-refractivity contribution is 6.02. The maximum atomic E-state index is 11.9. The summed E-state index contributed by atoms with van der Waals surface area (Å²) in [6.45, 7) is 5.22. The lowest BCUT2D eigenvalue weighted by Gasteiger charge is -2.32. The summed E-state index contributed by atoms with van der Waals surface area (Å²) >= 11 is 0. The smallest absolute Gasteiger partial charge is 0.170 e. The van der Waals surface area contributed by atoms with Crippen molar-refractivity contribution in [3.05, 3.63) is 17.2 Å². The van der Waals surface area contributed by atoms with Crippen molar-refractivity contribution in [1.29, 1.82) is 0 Å². The number of hydrogen-bond donors (Lipinski definition) is 2. The van der Waals surface area contributed by atoms with Gasteiger partial charge in [0.25, 0.3) is 0 Å². The topological polar surface area (TPSA) is 66.8 Å². The standard InChI is InChI=1S/C12H14O4/c1-6-10-8(14)5-12(2,3)16-9(10)4-7(13)11(6)15/h4,13,15H,5H2,1-3H3. The first-order valence-corrected chi connectivity index (χ1v) is 5.09. The first-order chi connectivity index (χ1) is 7.32. The number of ketones is 1. The second-order valence-corrected chi connectivity index (χ2v) is 4.70. The van der Waals surface area contributed by atoms with Crippen molar-refractivity contribution in [1.82, 2.24) is 0 Å². The van der Waals surface area contributed by atoms with Crippen molar-refractivity contribution in [3.8, 4) is 17.2 Å². The van der Waals surface area contributed by atoms with Crippen molar-refractivity contribution in [2.45, 2.75) is 32.8 Å². The van der Waals surface area contributed by atoms with Crippen LogP contribution in [0.2, 0.25) is 0 Å². The summed E-state index contributed by atoms with van der Waals surface area (Å²) in [6, 6.07) is 1.29. The monoisotopic (exact) mass is 222 g/mol. The van der Waals surface area contributed by atoms with Gasteiger partial charge < -0.3 is 14.9 Å². The average Bonchev–Trinajstić information content (AvgIpc) is 2.11. The molecule has 0 fully saturated rings. The number of phenols is 2. The van der Waals surface area contributed by atoms with Crippen LogP contribution < -0.4 is 4.74 Å². The van der Waals surface area contributed by atoms with E-state index in [9.17, 15) is 15.0 Å². The highest BCUT2D eigenvalue weighted by atomic mass is 16.5. The summed E-state index contributed by atoms with van der Waals surface area (Å²) in [6.07, 6.45) is 0.269. The number of phenolic OH excluding ortho intramolecular Hbond substituents is 2. The number of rotatable bonds is 0. The van der Waals surface area contributed by atoms with E-state index in [1.165, 1.54) is 6.07 Å². The molecule has 0 bridgehead atoms. The lowest BCUT2D eigenvalue weighted by Crippen LogP contribution is -2.36. The number of carbonyl (C=O) groups is 1. The molecule has 0 amide bonds. The van der Waals surface area contributed by atoms with Gasteiger partial charge in [0.15, 0.2) is 17.3 Å². The van der Waals surface area contributed by atoms with E-state index in [2.05, 4.69) is 0 Å². The SMILES string of the molecule is Cc1c(O)c(O)cc2c1C(=O)CC(C)(C)O2. The molecule has 1 aromatic carbocycles. The summed E-state index contributed by atoms with van der Waals surface area (Å²) in [7, 11) is 0.